The molecule has 0 fully saturated rings. The zero-order valence-corrected chi connectivity index (χ0v) is 16.0. The summed E-state index contributed by atoms with van der Waals surface area (Å²) in [6, 6.07) is 21.8. The third-order valence-electron chi connectivity index (χ3n) is 4.44. The second kappa shape index (κ2) is 8.95. The molecule has 0 aliphatic rings. The van der Waals surface area contributed by atoms with Gasteiger partial charge in [0.1, 0.15) is 17.2 Å². The van der Waals surface area contributed by atoms with Gasteiger partial charge in [0.15, 0.2) is 6.61 Å². The first kappa shape index (κ1) is 19.3. The number of phenolic OH excluding ortho intramolecular Hbond substituents is 1. The summed E-state index contributed by atoms with van der Waals surface area (Å²) in [5.41, 5.74) is 2.21. The number of methoxy groups -OCH3 is 1. The van der Waals surface area contributed by atoms with Crippen molar-refractivity contribution in [2.75, 3.05) is 18.6 Å². The molecule has 0 unspecified atom stereocenters. The van der Waals surface area contributed by atoms with Gasteiger partial charge in [-0.15, -0.1) is 0 Å². The molecule has 28 heavy (non-hydrogen) atoms. The molecule has 0 aromatic heterocycles. The summed E-state index contributed by atoms with van der Waals surface area (Å²) in [5.74, 6) is 1.13. The lowest BCUT2D eigenvalue weighted by molar-refractivity contribution is -0.120. The predicted molar refractivity (Wildman–Crippen MR) is 109 cm³/mol. The van der Waals surface area contributed by atoms with Gasteiger partial charge in [-0.1, -0.05) is 48.5 Å². The quantitative estimate of drug-likeness (QED) is 0.666. The van der Waals surface area contributed by atoms with Gasteiger partial charge in [0.2, 0.25) is 0 Å². The Morgan fingerprint density at radius 1 is 0.929 bits per heavy atom. The van der Waals surface area contributed by atoms with E-state index in [0.29, 0.717) is 22.7 Å². The van der Waals surface area contributed by atoms with Crippen molar-refractivity contribution in [1.29, 1.82) is 0 Å². The van der Waals surface area contributed by atoms with Crippen molar-refractivity contribution in [1.82, 2.24) is 0 Å². The number of amides is 1. The molecule has 1 amide bonds. The molecule has 0 radical (unpaired) electrons. The third kappa shape index (κ3) is 4.43. The zero-order valence-electron chi connectivity index (χ0n) is 16.0. The molecule has 3 aromatic carbocycles. The number of aromatic hydroxyl groups is 1. The number of anilines is 1. The summed E-state index contributed by atoms with van der Waals surface area (Å²) in [5, 5.41) is 10.2. The van der Waals surface area contributed by atoms with Crippen molar-refractivity contribution in [2.45, 2.75) is 13.5 Å². The fraction of sp³-hybridized carbons (Fsp3) is 0.174. The van der Waals surface area contributed by atoms with E-state index in [2.05, 4.69) is 0 Å². The van der Waals surface area contributed by atoms with Gasteiger partial charge in [0.25, 0.3) is 5.91 Å². The highest BCUT2D eigenvalue weighted by Gasteiger charge is 2.21. The van der Waals surface area contributed by atoms with E-state index in [-0.39, 0.29) is 24.8 Å². The van der Waals surface area contributed by atoms with E-state index in [1.54, 1.807) is 36.3 Å². The third-order valence-corrected chi connectivity index (χ3v) is 4.44. The van der Waals surface area contributed by atoms with Gasteiger partial charge in [-0.25, -0.2) is 0 Å². The van der Waals surface area contributed by atoms with Crippen LogP contribution < -0.4 is 14.4 Å². The van der Waals surface area contributed by atoms with Crippen LogP contribution >= 0.6 is 0 Å². The minimum absolute atomic E-state index is 0.128. The predicted octanol–water partition coefficient (Wildman–Crippen LogP) is 4.32. The SMILES string of the molecule is COc1ccccc1N(Cc1ccccc1O)C(=O)COc1ccccc1C. The summed E-state index contributed by atoms with van der Waals surface area (Å²) in [6.45, 7) is 2.00. The van der Waals surface area contributed by atoms with Crippen LogP contribution in [0.2, 0.25) is 0 Å². The lowest BCUT2D eigenvalue weighted by Crippen LogP contribution is -2.35. The van der Waals surface area contributed by atoms with E-state index in [1.807, 2.05) is 55.5 Å². The number of phenols is 1. The van der Waals surface area contributed by atoms with Gasteiger partial charge in [0.05, 0.1) is 19.3 Å². The number of nitrogens with zero attached hydrogens (tertiary/aromatic N) is 1. The van der Waals surface area contributed by atoms with Crippen LogP contribution in [0.5, 0.6) is 17.2 Å². The molecule has 0 aliphatic carbocycles. The number of carbonyl (C=O) groups excluding carboxylic acids is 1. The number of rotatable bonds is 7. The Balaban J connectivity index is 1.88. The highest BCUT2D eigenvalue weighted by Crippen LogP contribution is 2.31. The minimum Gasteiger partial charge on any atom is -0.508 e. The average molecular weight is 377 g/mol. The molecule has 0 aliphatic heterocycles. The Labute approximate surface area is 164 Å². The number of hydrogen-bond donors (Lipinski definition) is 1. The van der Waals surface area contributed by atoms with Crippen molar-refractivity contribution >= 4 is 11.6 Å². The van der Waals surface area contributed by atoms with Gasteiger partial charge in [-0.2, -0.15) is 0 Å². The summed E-state index contributed by atoms with van der Waals surface area (Å²) in [4.78, 5) is 14.6. The van der Waals surface area contributed by atoms with Crippen LogP contribution in [0.25, 0.3) is 0 Å². The molecule has 5 heteroatoms. The summed E-state index contributed by atoms with van der Waals surface area (Å²) in [6.07, 6.45) is 0. The molecule has 0 atom stereocenters. The largest absolute Gasteiger partial charge is 0.508 e. The van der Waals surface area contributed by atoms with E-state index in [4.69, 9.17) is 9.47 Å². The molecule has 5 nitrogen and oxygen atoms in total. The Morgan fingerprint density at radius 2 is 1.57 bits per heavy atom. The molecular formula is C23H23NO4. The number of hydrogen-bond acceptors (Lipinski definition) is 4. The number of ether oxygens (including phenoxy) is 2. The van der Waals surface area contributed by atoms with Gasteiger partial charge in [-0.3, -0.25) is 4.79 Å². The lowest BCUT2D eigenvalue weighted by Gasteiger charge is -2.25. The molecule has 1 N–H and O–H groups in total. The van der Waals surface area contributed by atoms with Crippen molar-refractivity contribution in [3.63, 3.8) is 0 Å². The first-order chi connectivity index (χ1) is 13.6. The van der Waals surface area contributed by atoms with Gasteiger partial charge < -0.3 is 19.5 Å². The molecule has 0 saturated heterocycles. The van der Waals surface area contributed by atoms with Gasteiger partial charge >= 0.3 is 0 Å². The molecule has 0 heterocycles. The maximum absolute atomic E-state index is 13.1. The van der Waals surface area contributed by atoms with Gasteiger partial charge in [-0.05, 0) is 36.8 Å². The number of carbonyl (C=O) groups is 1. The van der Waals surface area contributed by atoms with Crippen LogP contribution in [0.1, 0.15) is 11.1 Å². The van der Waals surface area contributed by atoms with Crippen LogP contribution in [-0.2, 0) is 11.3 Å². The molecule has 0 saturated carbocycles. The Bertz CT molecular complexity index is 955. The first-order valence-corrected chi connectivity index (χ1v) is 8.99. The maximum atomic E-state index is 13.1. The summed E-state index contributed by atoms with van der Waals surface area (Å²) < 4.78 is 11.2. The van der Waals surface area contributed by atoms with Crippen LogP contribution in [0, 0.1) is 6.92 Å². The average Bonchev–Trinajstić information content (AvgIpc) is 2.72. The van der Waals surface area contributed by atoms with Crippen LogP contribution in [0.4, 0.5) is 5.69 Å². The number of benzene rings is 3. The highest BCUT2D eigenvalue weighted by atomic mass is 16.5. The lowest BCUT2D eigenvalue weighted by atomic mass is 10.1. The maximum Gasteiger partial charge on any atom is 0.265 e. The van der Waals surface area contributed by atoms with Crippen LogP contribution in [-0.4, -0.2) is 24.7 Å². The van der Waals surface area contributed by atoms with E-state index in [1.165, 1.54) is 0 Å². The van der Waals surface area contributed by atoms with Crippen molar-refractivity contribution in [3.8, 4) is 17.2 Å². The second-order valence-corrected chi connectivity index (χ2v) is 6.33. The number of para-hydroxylation sites is 4. The van der Waals surface area contributed by atoms with E-state index >= 15 is 0 Å². The topological polar surface area (TPSA) is 59.0 Å². The molecule has 3 aromatic rings. The van der Waals surface area contributed by atoms with E-state index in [0.717, 1.165) is 5.56 Å². The molecule has 144 valence electrons. The van der Waals surface area contributed by atoms with Crippen molar-refractivity contribution in [3.05, 3.63) is 83.9 Å². The summed E-state index contributed by atoms with van der Waals surface area (Å²) in [7, 11) is 1.56. The van der Waals surface area contributed by atoms with Gasteiger partial charge in [0, 0.05) is 5.56 Å². The molecule has 0 spiro atoms. The van der Waals surface area contributed by atoms with E-state index < -0.39 is 0 Å². The fourth-order valence-corrected chi connectivity index (χ4v) is 2.91. The van der Waals surface area contributed by atoms with E-state index in [9.17, 15) is 9.90 Å². The number of aryl methyl sites for hydroxylation is 1. The smallest absolute Gasteiger partial charge is 0.265 e. The Kier molecular flexibility index (Phi) is 6.17. The monoisotopic (exact) mass is 377 g/mol. The summed E-state index contributed by atoms with van der Waals surface area (Å²) >= 11 is 0. The normalized spacial score (nSPS) is 10.4. The van der Waals surface area contributed by atoms with Crippen LogP contribution in [0.15, 0.2) is 72.8 Å². The molecular weight excluding hydrogens is 354 g/mol. The second-order valence-electron chi connectivity index (χ2n) is 6.33. The zero-order chi connectivity index (χ0) is 19.9. The van der Waals surface area contributed by atoms with Crippen LogP contribution in [0.3, 0.4) is 0 Å². The highest BCUT2D eigenvalue weighted by molar-refractivity contribution is 5.96. The standard InChI is InChI=1S/C23H23NO4/c1-17-9-3-7-13-21(17)28-16-23(26)24(15-18-10-4-6-12-20(18)25)19-11-5-8-14-22(19)27-2/h3-14,25H,15-16H2,1-2H3. The van der Waals surface area contributed by atoms with Crippen molar-refractivity contribution in [2.24, 2.45) is 0 Å². The minimum atomic E-state index is -0.240. The molecule has 3 rings (SSSR count). The molecule has 0 bridgehead atoms. The fourth-order valence-electron chi connectivity index (χ4n) is 2.91. The Morgan fingerprint density at radius 3 is 2.29 bits per heavy atom. The Hall–Kier alpha value is -3.47. The van der Waals surface area contributed by atoms with Crippen molar-refractivity contribution < 1.29 is 19.4 Å². The first-order valence-electron chi connectivity index (χ1n) is 8.99.